The molecule has 29 heavy (non-hydrogen) atoms. The molecule has 0 fully saturated rings. The Kier molecular flexibility index (Phi) is 5.64. The first-order valence-electron chi connectivity index (χ1n) is 10.0. The fourth-order valence-electron chi connectivity index (χ4n) is 3.51. The second kappa shape index (κ2) is 7.59. The van der Waals surface area contributed by atoms with Gasteiger partial charge in [0, 0.05) is 10.6 Å². The highest BCUT2D eigenvalue weighted by Gasteiger charge is 2.32. The number of hydrogen-bond donors (Lipinski definition) is 1. The molecule has 0 heterocycles. The van der Waals surface area contributed by atoms with E-state index in [0.29, 0.717) is 10.6 Å². The summed E-state index contributed by atoms with van der Waals surface area (Å²) in [5, 5.41) is 0.996. The number of benzene rings is 3. The van der Waals surface area contributed by atoms with Gasteiger partial charge in [-0.15, -0.1) is 0 Å². The van der Waals surface area contributed by atoms with Crippen molar-refractivity contribution in [3.8, 4) is 11.1 Å². The third kappa shape index (κ3) is 4.55. The molecule has 1 atom stereocenters. The molecule has 3 aromatic rings. The van der Waals surface area contributed by atoms with E-state index in [1.54, 1.807) is 6.07 Å². The van der Waals surface area contributed by atoms with E-state index in [1.165, 1.54) is 5.56 Å². The van der Waals surface area contributed by atoms with Crippen LogP contribution in [0.15, 0.2) is 72.8 Å². The van der Waals surface area contributed by atoms with Crippen molar-refractivity contribution in [1.82, 2.24) is 0 Å². The molecule has 0 aliphatic rings. The topological polar surface area (TPSA) is 37.3 Å². The van der Waals surface area contributed by atoms with Gasteiger partial charge in [0.15, 0.2) is 0 Å². The summed E-state index contributed by atoms with van der Waals surface area (Å²) in [5.74, 6) is 0. The predicted octanol–water partition coefficient (Wildman–Crippen LogP) is 6.17. The lowest BCUT2D eigenvalue weighted by Gasteiger charge is -2.29. The summed E-state index contributed by atoms with van der Waals surface area (Å²) in [6, 6.07) is 23.4. The highest BCUT2D eigenvalue weighted by atomic mass is 31.2. The van der Waals surface area contributed by atoms with Crippen molar-refractivity contribution in [3.63, 3.8) is 0 Å². The van der Waals surface area contributed by atoms with Gasteiger partial charge in [-0.2, -0.15) is 0 Å². The first-order valence-corrected chi connectivity index (χ1v) is 11.7. The molecule has 0 aliphatic carbocycles. The normalized spacial score (nSPS) is 14.4. The van der Waals surface area contributed by atoms with Crippen LogP contribution in [-0.4, -0.2) is 4.89 Å². The van der Waals surface area contributed by atoms with Gasteiger partial charge in [-0.05, 0) is 51.3 Å². The molecule has 0 radical (unpaired) electrons. The highest BCUT2D eigenvalue weighted by Crippen LogP contribution is 2.43. The Morgan fingerprint density at radius 2 is 1.31 bits per heavy atom. The Labute approximate surface area is 175 Å². The van der Waals surface area contributed by atoms with E-state index in [4.69, 9.17) is 0 Å². The van der Waals surface area contributed by atoms with Gasteiger partial charge >= 0.3 is 0 Å². The lowest BCUT2D eigenvalue weighted by Crippen LogP contribution is -2.28. The molecule has 1 unspecified atom stereocenters. The van der Waals surface area contributed by atoms with E-state index in [9.17, 15) is 9.46 Å². The minimum absolute atomic E-state index is 0.0226. The Bertz CT molecular complexity index is 1050. The molecule has 152 valence electrons. The third-order valence-corrected chi connectivity index (χ3v) is 7.32. The monoisotopic (exact) mass is 406 g/mol. The summed E-state index contributed by atoms with van der Waals surface area (Å²) in [7, 11) is -3.75. The zero-order valence-electron chi connectivity index (χ0n) is 18.2. The largest absolute Gasteiger partial charge is 0.338 e. The Balaban J connectivity index is 2.16. The summed E-state index contributed by atoms with van der Waals surface area (Å²) < 4.78 is 13.8. The predicted molar refractivity (Wildman–Crippen MR) is 125 cm³/mol. The van der Waals surface area contributed by atoms with Crippen LogP contribution in [-0.2, 0) is 15.4 Å². The van der Waals surface area contributed by atoms with E-state index in [2.05, 4.69) is 47.6 Å². The van der Waals surface area contributed by atoms with Gasteiger partial charge in [0.1, 0.15) is 0 Å². The molecule has 0 spiro atoms. The average molecular weight is 407 g/mol. The number of rotatable bonds is 3. The summed E-state index contributed by atoms with van der Waals surface area (Å²) in [6.45, 7) is 12.8. The van der Waals surface area contributed by atoms with Crippen LogP contribution in [0, 0.1) is 0 Å². The van der Waals surface area contributed by atoms with Gasteiger partial charge in [0.25, 0.3) is 7.37 Å². The summed E-state index contributed by atoms with van der Waals surface area (Å²) >= 11 is 0. The molecule has 3 aromatic carbocycles. The van der Waals surface area contributed by atoms with E-state index >= 15 is 0 Å². The van der Waals surface area contributed by atoms with E-state index in [1.807, 2.05) is 60.7 Å². The zero-order valence-corrected chi connectivity index (χ0v) is 19.1. The maximum Gasteiger partial charge on any atom is 0.259 e. The van der Waals surface area contributed by atoms with Crippen molar-refractivity contribution in [2.24, 2.45) is 0 Å². The summed E-state index contributed by atoms with van der Waals surface area (Å²) in [4.78, 5) is 11.3. The summed E-state index contributed by atoms with van der Waals surface area (Å²) in [5.41, 5.74) is 3.82. The van der Waals surface area contributed by atoms with Gasteiger partial charge in [0.2, 0.25) is 0 Å². The smallest absolute Gasteiger partial charge is 0.259 e. The maximum atomic E-state index is 13.8. The van der Waals surface area contributed by atoms with Crippen molar-refractivity contribution in [2.75, 3.05) is 0 Å². The third-order valence-electron chi connectivity index (χ3n) is 5.30. The molecule has 2 nitrogen and oxygen atoms in total. The van der Waals surface area contributed by atoms with Gasteiger partial charge in [-0.25, -0.2) is 0 Å². The second-order valence-electron chi connectivity index (χ2n) is 9.72. The quantitative estimate of drug-likeness (QED) is 0.528. The van der Waals surface area contributed by atoms with E-state index < -0.39 is 7.37 Å². The van der Waals surface area contributed by atoms with Crippen LogP contribution in [0.2, 0.25) is 0 Å². The average Bonchev–Trinajstić information content (AvgIpc) is 2.67. The van der Waals surface area contributed by atoms with Crippen molar-refractivity contribution in [2.45, 2.75) is 52.4 Å². The van der Waals surface area contributed by atoms with Crippen molar-refractivity contribution in [1.29, 1.82) is 0 Å². The van der Waals surface area contributed by atoms with Gasteiger partial charge < -0.3 is 4.89 Å². The first-order chi connectivity index (χ1) is 13.4. The Morgan fingerprint density at radius 3 is 1.90 bits per heavy atom. The molecule has 1 N–H and O–H groups in total. The van der Waals surface area contributed by atoms with Crippen LogP contribution in [0.5, 0.6) is 0 Å². The standard InChI is InChI=1S/C26H31O2P/c1-25(2,3)21-15-16-24(23(18-21)26(4,5)6)29(27,28)22-14-10-13-20(17-22)19-11-8-7-9-12-19/h7-18H,1-6H3,(H,27,28). The van der Waals surface area contributed by atoms with Crippen LogP contribution >= 0.6 is 7.37 Å². The Morgan fingerprint density at radius 1 is 0.690 bits per heavy atom. The highest BCUT2D eigenvalue weighted by molar-refractivity contribution is 7.73. The molecule has 0 saturated heterocycles. The lowest BCUT2D eigenvalue weighted by atomic mass is 9.81. The van der Waals surface area contributed by atoms with Gasteiger partial charge in [0.05, 0.1) is 0 Å². The molecule has 0 bridgehead atoms. The number of hydrogen-bond acceptors (Lipinski definition) is 1. The van der Waals surface area contributed by atoms with Crippen LogP contribution < -0.4 is 10.6 Å². The minimum Gasteiger partial charge on any atom is -0.338 e. The van der Waals surface area contributed by atoms with E-state index in [-0.39, 0.29) is 10.8 Å². The van der Waals surface area contributed by atoms with Crippen LogP contribution in [0.4, 0.5) is 0 Å². The minimum atomic E-state index is -3.75. The SMILES string of the molecule is CC(C)(C)c1ccc(P(=O)(O)c2cccc(-c3ccccc3)c2)c(C(C)(C)C)c1. The summed E-state index contributed by atoms with van der Waals surface area (Å²) in [6.07, 6.45) is 0. The molecule has 0 aromatic heterocycles. The lowest BCUT2D eigenvalue weighted by molar-refractivity contribution is 0.498. The van der Waals surface area contributed by atoms with Crippen molar-refractivity contribution >= 4 is 18.0 Å². The molecular weight excluding hydrogens is 375 g/mol. The second-order valence-corrected chi connectivity index (χ2v) is 11.9. The van der Waals surface area contributed by atoms with Crippen LogP contribution in [0.1, 0.15) is 52.7 Å². The molecule has 0 amide bonds. The fraction of sp³-hybridized carbons (Fsp3) is 0.308. The van der Waals surface area contributed by atoms with E-state index in [0.717, 1.165) is 16.7 Å². The van der Waals surface area contributed by atoms with Crippen molar-refractivity contribution in [3.05, 3.63) is 83.9 Å². The van der Waals surface area contributed by atoms with Crippen LogP contribution in [0.25, 0.3) is 11.1 Å². The van der Waals surface area contributed by atoms with Gasteiger partial charge in [-0.3, -0.25) is 4.57 Å². The molecule has 3 heteroatoms. The molecule has 0 aliphatic heterocycles. The molecular formula is C26H31O2P. The Hall–Kier alpha value is -2.15. The fourth-order valence-corrected chi connectivity index (χ4v) is 5.39. The van der Waals surface area contributed by atoms with Crippen molar-refractivity contribution < 1.29 is 9.46 Å². The zero-order chi connectivity index (χ0) is 21.4. The molecule has 3 rings (SSSR count). The first kappa shape index (κ1) is 21.6. The molecule has 0 saturated carbocycles. The van der Waals surface area contributed by atoms with Crippen LogP contribution in [0.3, 0.4) is 0 Å². The van der Waals surface area contributed by atoms with Gasteiger partial charge in [-0.1, -0.05) is 96.1 Å². The maximum absolute atomic E-state index is 13.8.